The Bertz CT molecular complexity index is 775. The van der Waals surface area contributed by atoms with Crippen molar-refractivity contribution in [2.24, 2.45) is 0 Å². The molecule has 112 valence electrons. The molecule has 2 aromatic carbocycles. The van der Waals surface area contributed by atoms with Gasteiger partial charge in [-0.1, -0.05) is 24.3 Å². The molecular weight excluding hydrogens is 295 g/mol. The van der Waals surface area contributed by atoms with Crippen LogP contribution in [0.2, 0.25) is 0 Å². The second kappa shape index (κ2) is 6.19. The maximum atomic E-state index is 13.7. The van der Waals surface area contributed by atoms with E-state index in [9.17, 15) is 17.6 Å². The zero-order chi connectivity index (χ0) is 15.5. The standard InChI is InChI=1S/C14H15FN2O3S/c1-16-21(19,20)9-8-17-14(18)12-6-7-13(15)11-5-3-2-4-10(11)12/h2-7,16H,8-9H2,1H3,(H,17,18). The second-order valence-corrected chi connectivity index (χ2v) is 6.47. The molecule has 0 spiro atoms. The fourth-order valence-electron chi connectivity index (χ4n) is 1.96. The van der Waals surface area contributed by atoms with E-state index >= 15 is 0 Å². The molecule has 0 saturated carbocycles. The van der Waals surface area contributed by atoms with Crippen LogP contribution in [0.1, 0.15) is 10.4 Å². The number of halogens is 1. The van der Waals surface area contributed by atoms with Crippen molar-refractivity contribution in [2.45, 2.75) is 0 Å². The molecule has 5 nitrogen and oxygen atoms in total. The van der Waals surface area contributed by atoms with Crippen LogP contribution in [-0.2, 0) is 10.0 Å². The average Bonchev–Trinajstić information content (AvgIpc) is 2.47. The lowest BCUT2D eigenvalue weighted by Crippen LogP contribution is -2.33. The van der Waals surface area contributed by atoms with Gasteiger partial charge in [0.05, 0.1) is 5.75 Å². The highest BCUT2D eigenvalue weighted by Crippen LogP contribution is 2.21. The lowest BCUT2D eigenvalue weighted by Gasteiger charge is -2.09. The molecule has 0 saturated heterocycles. The molecule has 0 bridgehead atoms. The third-order valence-corrected chi connectivity index (χ3v) is 4.45. The molecule has 0 aliphatic heterocycles. The van der Waals surface area contributed by atoms with Crippen LogP contribution in [0, 0.1) is 5.82 Å². The van der Waals surface area contributed by atoms with Crippen molar-refractivity contribution in [1.29, 1.82) is 0 Å². The van der Waals surface area contributed by atoms with Crippen molar-refractivity contribution in [3.8, 4) is 0 Å². The van der Waals surface area contributed by atoms with E-state index in [2.05, 4.69) is 10.0 Å². The Balaban J connectivity index is 2.19. The number of hydrogen-bond acceptors (Lipinski definition) is 3. The highest BCUT2D eigenvalue weighted by molar-refractivity contribution is 7.89. The first-order chi connectivity index (χ1) is 9.94. The molecule has 0 aromatic heterocycles. The minimum Gasteiger partial charge on any atom is -0.351 e. The summed E-state index contributed by atoms with van der Waals surface area (Å²) in [6.45, 7) is -0.0201. The number of carbonyl (C=O) groups is 1. The fraction of sp³-hybridized carbons (Fsp3) is 0.214. The van der Waals surface area contributed by atoms with E-state index in [0.717, 1.165) is 0 Å². The minimum atomic E-state index is -3.37. The van der Waals surface area contributed by atoms with Crippen molar-refractivity contribution < 1.29 is 17.6 Å². The zero-order valence-corrected chi connectivity index (χ0v) is 12.2. The largest absolute Gasteiger partial charge is 0.351 e. The highest BCUT2D eigenvalue weighted by atomic mass is 32.2. The molecule has 1 amide bonds. The van der Waals surface area contributed by atoms with Gasteiger partial charge in [-0.25, -0.2) is 17.5 Å². The summed E-state index contributed by atoms with van der Waals surface area (Å²) in [6.07, 6.45) is 0. The molecular formula is C14H15FN2O3S. The Morgan fingerprint density at radius 3 is 2.48 bits per heavy atom. The molecule has 0 radical (unpaired) electrons. The van der Waals surface area contributed by atoms with E-state index in [1.165, 1.54) is 19.2 Å². The van der Waals surface area contributed by atoms with Gasteiger partial charge in [0.1, 0.15) is 5.82 Å². The topological polar surface area (TPSA) is 75.3 Å². The van der Waals surface area contributed by atoms with Gasteiger partial charge in [-0.15, -0.1) is 0 Å². The van der Waals surface area contributed by atoms with E-state index in [0.29, 0.717) is 16.3 Å². The maximum absolute atomic E-state index is 13.7. The number of hydrogen-bond donors (Lipinski definition) is 2. The van der Waals surface area contributed by atoms with Gasteiger partial charge in [0.25, 0.3) is 5.91 Å². The van der Waals surface area contributed by atoms with Crippen LogP contribution in [0.3, 0.4) is 0 Å². The van der Waals surface area contributed by atoms with Crippen LogP contribution in [0.25, 0.3) is 10.8 Å². The van der Waals surface area contributed by atoms with Gasteiger partial charge in [0.2, 0.25) is 10.0 Å². The molecule has 2 rings (SSSR count). The molecule has 2 N–H and O–H groups in total. The zero-order valence-electron chi connectivity index (χ0n) is 11.4. The van der Waals surface area contributed by atoms with Crippen LogP contribution in [-0.4, -0.2) is 33.7 Å². The van der Waals surface area contributed by atoms with Crippen molar-refractivity contribution in [3.05, 3.63) is 47.8 Å². The Hall–Kier alpha value is -1.99. The minimum absolute atomic E-state index is 0.0201. The first-order valence-electron chi connectivity index (χ1n) is 6.31. The van der Waals surface area contributed by atoms with Crippen LogP contribution >= 0.6 is 0 Å². The summed E-state index contributed by atoms with van der Waals surface area (Å²) in [7, 11) is -2.06. The van der Waals surface area contributed by atoms with E-state index < -0.39 is 21.7 Å². The number of amides is 1. The molecule has 0 fully saturated rings. The third kappa shape index (κ3) is 3.56. The summed E-state index contributed by atoms with van der Waals surface area (Å²) in [5, 5.41) is 3.37. The van der Waals surface area contributed by atoms with Crippen LogP contribution in [0.5, 0.6) is 0 Å². The van der Waals surface area contributed by atoms with Crippen LogP contribution in [0.4, 0.5) is 4.39 Å². The smallest absolute Gasteiger partial charge is 0.251 e. The molecule has 0 aliphatic rings. The average molecular weight is 310 g/mol. The molecule has 2 aromatic rings. The number of fused-ring (bicyclic) bond motifs is 1. The molecule has 21 heavy (non-hydrogen) atoms. The summed E-state index contributed by atoms with van der Waals surface area (Å²) in [5.41, 5.74) is 0.314. The molecule has 7 heteroatoms. The third-order valence-electron chi connectivity index (χ3n) is 3.08. The summed E-state index contributed by atoms with van der Waals surface area (Å²) >= 11 is 0. The van der Waals surface area contributed by atoms with Crippen molar-refractivity contribution in [1.82, 2.24) is 10.0 Å². The first-order valence-corrected chi connectivity index (χ1v) is 7.96. The summed E-state index contributed by atoms with van der Waals surface area (Å²) in [6, 6.07) is 9.25. The number of rotatable bonds is 5. The predicted molar refractivity (Wildman–Crippen MR) is 79.1 cm³/mol. The van der Waals surface area contributed by atoms with Gasteiger partial charge < -0.3 is 5.32 Å². The normalized spacial score (nSPS) is 11.5. The quantitative estimate of drug-likeness (QED) is 0.873. The highest BCUT2D eigenvalue weighted by Gasteiger charge is 2.13. The van der Waals surface area contributed by atoms with Gasteiger partial charge >= 0.3 is 0 Å². The summed E-state index contributed by atoms with van der Waals surface area (Å²) < 4.78 is 38.4. The molecule has 0 aliphatic carbocycles. The van der Waals surface area contributed by atoms with Gasteiger partial charge in [-0.3, -0.25) is 4.79 Å². The Kier molecular flexibility index (Phi) is 4.54. The second-order valence-electron chi connectivity index (χ2n) is 4.42. The lowest BCUT2D eigenvalue weighted by atomic mass is 10.0. The molecule has 0 atom stereocenters. The number of carbonyl (C=O) groups excluding carboxylic acids is 1. The Morgan fingerprint density at radius 1 is 1.14 bits per heavy atom. The van der Waals surface area contributed by atoms with Gasteiger partial charge in [-0.05, 0) is 24.6 Å². The van der Waals surface area contributed by atoms with E-state index in [-0.39, 0.29) is 12.3 Å². The Labute approximate surface area is 122 Å². The molecule has 0 unspecified atom stereocenters. The maximum Gasteiger partial charge on any atom is 0.251 e. The number of benzene rings is 2. The predicted octanol–water partition coefficient (Wildman–Crippen LogP) is 1.26. The summed E-state index contributed by atoms with van der Waals surface area (Å²) in [4.78, 5) is 12.1. The SMILES string of the molecule is CNS(=O)(=O)CCNC(=O)c1ccc(F)c2ccccc12. The first kappa shape index (κ1) is 15.4. The van der Waals surface area contributed by atoms with E-state index in [1.807, 2.05) is 0 Å². The van der Waals surface area contributed by atoms with Gasteiger partial charge in [0.15, 0.2) is 0 Å². The number of sulfonamides is 1. The summed E-state index contributed by atoms with van der Waals surface area (Å²) in [5.74, 6) is -1.05. The molecule has 0 heterocycles. The van der Waals surface area contributed by atoms with E-state index in [1.54, 1.807) is 24.3 Å². The van der Waals surface area contributed by atoms with Crippen LogP contribution < -0.4 is 10.0 Å². The van der Waals surface area contributed by atoms with Gasteiger partial charge in [-0.2, -0.15) is 0 Å². The van der Waals surface area contributed by atoms with Crippen molar-refractivity contribution in [3.63, 3.8) is 0 Å². The van der Waals surface area contributed by atoms with Crippen molar-refractivity contribution >= 4 is 26.7 Å². The van der Waals surface area contributed by atoms with E-state index in [4.69, 9.17) is 0 Å². The van der Waals surface area contributed by atoms with Crippen molar-refractivity contribution in [2.75, 3.05) is 19.3 Å². The number of nitrogens with one attached hydrogen (secondary N) is 2. The van der Waals surface area contributed by atoms with Crippen LogP contribution in [0.15, 0.2) is 36.4 Å². The van der Waals surface area contributed by atoms with Gasteiger partial charge in [0, 0.05) is 17.5 Å². The lowest BCUT2D eigenvalue weighted by molar-refractivity contribution is 0.0958. The Morgan fingerprint density at radius 2 is 1.81 bits per heavy atom. The fourth-order valence-corrected chi connectivity index (χ4v) is 2.53. The monoisotopic (exact) mass is 310 g/mol.